The highest BCUT2D eigenvalue weighted by molar-refractivity contribution is 5.81. The van der Waals surface area contributed by atoms with E-state index in [0.717, 1.165) is 48.4 Å². The van der Waals surface area contributed by atoms with E-state index >= 15 is 0 Å². The van der Waals surface area contributed by atoms with Crippen LogP contribution in [0.25, 0.3) is 11.0 Å². The summed E-state index contributed by atoms with van der Waals surface area (Å²) in [4.78, 5) is 17.0. The number of ether oxygens (including phenoxy) is 1. The van der Waals surface area contributed by atoms with Crippen molar-refractivity contribution >= 4 is 16.9 Å². The van der Waals surface area contributed by atoms with Crippen LogP contribution in [0.3, 0.4) is 0 Å². The molecule has 1 aromatic heterocycles. The van der Waals surface area contributed by atoms with Crippen molar-refractivity contribution < 1.29 is 9.53 Å². The summed E-state index contributed by atoms with van der Waals surface area (Å²) in [7, 11) is 0. The maximum atomic E-state index is 12.2. The molecule has 1 aliphatic carbocycles. The van der Waals surface area contributed by atoms with E-state index in [4.69, 9.17) is 9.72 Å². The first-order valence-electron chi connectivity index (χ1n) is 10.5. The zero-order valence-corrected chi connectivity index (χ0v) is 17.4. The summed E-state index contributed by atoms with van der Waals surface area (Å²) in [6, 6.07) is 14.3. The van der Waals surface area contributed by atoms with Gasteiger partial charge in [-0.2, -0.15) is 0 Å². The Labute approximate surface area is 172 Å². The summed E-state index contributed by atoms with van der Waals surface area (Å²) in [5.41, 5.74) is 4.48. The molecule has 3 aromatic rings. The normalized spacial score (nSPS) is 14.7. The van der Waals surface area contributed by atoms with E-state index in [1.807, 2.05) is 25.1 Å². The van der Waals surface area contributed by atoms with E-state index in [1.54, 1.807) is 0 Å². The van der Waals surface area contributed by atoms with Crippen LogP contribution in [-0.4, -0.2) is 22.1 Å². The molecule has 2 aromatic carbocycles. The average molecular weight is 392 g/mol. The van der Waals surface area contributed by atoms with Gasteiger partial charge in [0.15, 0.2) is 0 Å². The molecule has 0 radical (unpaired) electrons. The second-order valence-corrected chi connectivity index (χ2v) is 8.14. The predicted molar refractivity (Wildman–Crippen MR) is 115 cm³/mol. The molecule has 0 spiro atoms. The molecule has 0 bridgehead atoms. The van der Waals surface area contributed by atoms with Gasteiger partial charge in [0.2, 0.25) is 5.91 Å². The van der Waals surface area contributed by atoms with Crippen LogP contribution in [0.2, 0.25) is 0 Å². The number of rotatable bonds is 8. The van der Waals surface area contributed by atoms with Gasteiger partial charge in [0.25, 0.3) is 0 Å². The lowest BCUT2D eigenvalue weighted by Crippen LogP contribution is -2.30. The zero-order valence-electron chi connectivity index (χ0n) is 17.4. The third-order valence-corrected chi connectivity index (χ3v) is 5.37. The smallest absolute Gasteiger partial charge is 0.223 e. The molecule has 1 fully saturated rings. The molecule has 152 valence electrons. The number of hydrogen-bond acceptors (Lipinski definition) is 3. The Morgan fingerprint density at radius 3 is 2.66 bits per heavy atom. The summed E-state index contributed by atoms with van der Waals surface area (Å²) >= 11 is 0. The third-order valence-electron chi connectivity index (χ3n) is 5.37. The van der Waals surface area contributed by atoms with Crippen LogP contribution in [0.1, 0.15) is 49.2 Å². The van der Waals surface area contributed by atoms with Crippen LogP contribution in [0.5, 0.6) is 5.75 Å². The maximum absolute atomic E-state index is 12.2. The van der Waals surface area contributed by atoms with Crippen molar-refractivity contribution in [3.8, 4) is 5.75 Å². The van der Waals surface area contributed by atoms with Crippen molar-refractivity contribution in [2.75, 3.05) is 6.61 Å². The van der Waals surface area contributed by atoms with Crippen molar-refractivity contribution in [3.05, 3.63) is 59.4 Å². The van der Waals surface area contributed by atoms with Crippen LogP contribution in [0, 0.1) is 19.8 Å². The van der Waals surface area contributed by atoms with Gasteiger partial charge >= 0.3 is 0 Å². The number of nitrogens with one attached hydrogen (secondary N) is 1. The molecule has 0 aliphatic heterocycles. The number of nitrogens with zero attached hydrogens (tertiary/aromatic N) is 2. The molecular weight excluding hydrogens is 362 g/mol. The van der Waals surface area contributed by atoms with Crippen LogP contribution < -0.4 is 10.1 Å². The fourth-order valence-corrected chi connectivity index (χ4v) is 3.83. The number of hydrogen-bond donors (Lipinski definition) is 1. The fourth-order valence-electron chi connectivity index (χ4n) is 3.83. The number of fused-ring (bicyclic) bond motifs is 1. The number of para-hydroxylation sites is 2. The van der Waals surface area contributed by atoms with Gasteiger partial charge in [-0.05, 0) is 75.4 Å². The highest BCUT2D eigenvalue weighted by Gasteiger charge is 2.31. The Hall–Kier alpha value is -2.82. The Balaban J connectivity index is 1.45. The molecule has 1 amide bonds. The van der Waals surface area contributed by atoms with E-state index in [-0.39, 0.29) is 17.9 Å². The first-order valence-corrected chi connectivity index (χ1v) is 10.5. The van der Waals surface area contributed by atoms with E-state index in [2.05, 4.69) is 48.0 Å². The Kier molecular flexibility index (Phi) is 5.56. The van der Waals surface area contributed by atoms with Crippen molar-refractivity contribution in [2.24, 2.45) is 5.92 Å². The van der Waals surface area contributed by atoms with Crippen molar-refractivity contribution in [1.82, 2.24) is 14.9 Å². The Bertz CT molecular complexity index is 1000. The predicted octanol–water partition coefficient (Wildman–Crippen LogP) is 4.71. The maximum Gasteiger partial charge on any atom is 0.223 e. The van der Waals surface area contributed by atoms with Crippen LogP contribution in [-0.2, 0) is 11.3 Å². The molecule has 5 nitrogen and oxygen atoms in total. The molecule has 1 saturated carbocycles. The lowest BCUT2D eigenvalue weighted by atomic mass is 10.1. The van der Waals surface area contributed by atoms with Gasteiger partial charge < -0.3 is 14.6 Å². The van der Waals surface area contributed by atoms with Gasteiger partial charge in [-0.25, -0.2) is 4.98 Å². The standard InChI is InChI=1S/C24H29N3O2/c1-16-13-17(2)15-20(14-16)29-12-6-11-27-22-8-5-4-7-21(22)26-23(27)18(3)25-24(28)19-9-10-19/h4-5,7-8,13-15,18-19H,6,9-12H2,1-3H3,(H,25,28). The van der Waals surface area contributed by atoms with Crippen LogP contribution >= 0.6 is 0 Å². The monoisotopic (exact) mass is 391 g/mol. The number of amides is 1. The molecular formula is C24H29N3O2. The fraction of sp³-hybridized carbons (Fsp3) is 0.417. The summed E-state index contributed by atoms with van der Waals surface area (Å²) in [6.07, 6.45) is 2.87. The molecule has 1 aliphatic rings. The first kappa shape index (κ1) is 19.5. The summed E-state index contributed by atoms with van der Waals surface area (Å²) in [5, 5.41) is 3.13. The van der Waals surface area contributed by atoms with Crippen molar-refractivity contribution in [2.45, 2.75) is 52.6 Å². The number of carbonyl (C=O) groups excluding carboxylic acids is 1. The number of aryl methyl sites for hydroxylation is 3. The molecule has 5 heteroatoms. The van der Waals surface area contributed by atoms with Crippen LogP contribution in [0.15, 0.2) is 42.5 Å². The van der Waals surface area contributed by atoms with Crippen molar-refractivity contribution in [1.29, 1.82) is 0 Å². The van der Waals surface area contributed by atoms with Gasteiger partial charge in [-0.3, -0.25) is 4.79 Å². The number of carbonyl (C=O) groups is 1. The van der Waals surface area contributed by atoms with Crippen molar-refractivity contribution in [3.63, 3.8) is 0 Å². The van der Waals surface area contributed by atoms with E-state index < -0.39 is 0 Å². The molecule has 1 atom stereocenters. The van der Waals surface area contributed by atoms with Gasteiger partial charge in [-0.1, -0.05) is 18.2 Å². The van der Waals surface area contributed by atoms with E-state index in [9.17, 15) is 4.79 Å². The molecule has 1 N–H and O–H groups in total. The number of aromatic nitrogens is 2. The summed E-state index contributed by atoms with van der Waals surface area (Å²) < 4.78 is 8.20. The van der Waals surface area contributed by atoms with E-state index in [0.29, 0.717) is 6.61 Å². The number of imidazole rings is 1. The van der Waals surface area contributed by atoms with E-state index in [1.165, 1.54) is 11.1 Å². The average Bonchev–Trinajstić information content (AvgIpc) is 3.46. The van der Waals surface area contributed by atoms with Gasteiger partial charge in [0.05, 0.1) is 23.7 Å². The molecule has 0 saturated heterocycles. The van der Waals surface area contributed by atoms with Gasteiger partial charge in [0.1, 0.15) is 11.6 Å². The SMILES string of the molecule is Cc1cc(C)cc(OCCCn2c(C(C)NC(=O)C3CC3)nc3ccccc32)c1. The van der Waals surface area contributed by atoms with Gasteiger partial charge in [-0.15, -0.1) is 0 Å². The lowest BCUT2D eigenvalue weighted by molar-refractivity contribution is -0.123. The second-order valence-electron chi connectivity index (χ2n) is 8.14. The third kappa shape index (κ3) is 4.61. The topological polar surface area (TPSA) is 56.1 Å². The largest absolute Gasteiger partial charge is 0.494 e. The zero-order chi connectivity index (χ0) is 20.4. The Morgan fingerprint density at radius 2 is 1.93 bits per heavy atom. The quantitative estimate of drug-likeness (QED) is 0.566. The molecule has 4 rings (SSSR count). The van der Waals surface area contributed by atoms with Crippen LogP contribution in [0.4, 0.5) is 0 Å². The molecule has 29 heavy (non-hydrogen) atoms. The lowest BCUT2D eigenvalue weighted by Gasteiger charge is -2.16. The summed E-state index contributed by atoms with van der Waals surface area (Å²) in [5.74, 6) is 2.17. The molecule has 1 heterocycles. The summed E-state index contributed by atoms with van der Waals surface area (Å²) in [6.45, 7) is 7.62. The minimum atomic E-state index is -0.115. The highest BCUT2D eigenvalue weighted by Crippen LogP contribution is 2.30. The number of benzene rings is 2. The second kappa shape index (κ2) is 8.27. The minimum absolute atomic E-state index is 0.115. The highest BCUT2D eigenvalue weighted by atomic mass is 16.5. The first-order chi connectivity index (χ1) is 14.0. The molecule has 1 unspecified atom stereocenters. The van der Waals surface area contributed by atoms with Gasteiger partial charge in [0, 0.05) is 12.5 Å². The Morgan fingerprint density at radius 1 is 1.21 bits per heavy atom. The minimum Gasteiger partial charge on any atom is -0.494 e.